The zero-order chi connectivity index (χ0) is 21.6. The molecule has 0 aromatic heterocycles. The van der Waals surface area contributed by atoms with Gasteiger partial charge in [0.25, 0.3) is 10.0 Å². The maximum absolute atomic E-state index is 13.3. The molecule has 1 aromatic carbocycles. The molecule has 0 spiro atoms. The number of likely N-dealkylation sites (N-methyl/N-ethyl adjacent to an activating group) is 1. The first-order valence-electron chi connectivity index (χ1n) is 10.1. The van der Waals surface area contributed by atoms with Gasteiger partial charge in [-0.2, -0.15) is 0 Å². The topological polar surface area (TPSA) is 81.2 Å². The molecule has 162 valence electrons. The fourth-order valence-electron chi connectivity index (χ4n) is 3.30. The van der Waals surface area contributed by atoms with Crippen molar-refractivity contribution < 1.29 is 18.0 Å². The molecule has 8 nitrogen and oxygen atoms in total. The number of amides is 3. The first-order chi connectivity index (χ1) is 13.7. The maximum atomic E-state index is 13.3. The van der Waals surface area contributed by atoms with Gasteiger partial charge in [0.2, 0.25) is 5.91 Å². The normalized spacial score (nSPS) is 14.9. The number of nitrogens with zero attached hydrogens (tertiary/aromatic N) is 4. The Morgan fingerprint density at radius 2 is 1.45 bits per heavy atom. The van der Waals surface area contributed by atoms with Crippen LogP contribution in [0.3, 0.4) is 0 Å². The van der Waals surface area contributed by atoms with Gasteiger partial charge in [-0.1, -0.05) is 31.5 Å². The van der Waals surface area contributed by atoms with Crippen LogP contribution in [0.25, 0.3) is 0 Å². The Hall–Kier alpha value is -2.13. The molecular formula is C20H32N4O4S. The van der Waals surface area contributed by atoms with E-state index < -0.39 is 16.1 Å². The van der Waals surface area contributed by atoms with E-state index in [0.717, 1.165) is 23.0 Å². The van der Waals surface area contributed by atoms with Crippen LogP contribution in [0, 0.1) is 6.92 Å². The number of carbonyl (C=O) groups excluding carboxylic acids is 2. The molecule has 0 N–H and O–H groups in total. The van der Waals surface area contributed by atoms with Crippen LogP contribution in [0.1, 0.15) is 26.3 Å². The van der Waals surface area contributed by atoms with Crippen LogP contribution in [-0.4, -0.2) is 91.7 Å². The smallest absolute Gasteiger partial charge is 0.334 e. The highest BCUT2D eigenvalue weighted by molar-refractivity contribution is 7.89. The van der Waals surface area contributed by atoms with Crippen LogP contribution in [0.4, 0.5) is 4.79 Å². The van der Waals surface area contributed by atoms with E-state index in [2.05, 4.69) is 4.90 Å². The zero-order valence-corrected chi connectivity index (χ0v) is 18.6. The molecule has 1 fully saturated rings. The molecule has 0 atom stereocenters. The number of hydrogen-bond donors (Lipinski definition) is 0. The number of rotatable bonds is 7. The van der Waals surface area contributed by atoms with Gasteiger partial charge in [0.15, 0.2) is 0 Å². The van der Waals surface area contributed by atoms with Gasteiger partial charge >= 0.3 is 6.03 Å². The number of carbonyl (C=O) groups is 2. The van der Waals surface area contributed by atoms with Crippen LogP contribution in [-0.2, 0) is 14.8 Å². The quantitative estimate of drug-likeness (QED) is 0.664. The molecular weight excluding hydrogens is 392 g/mol. The van der Waals surface area contributed by atoms with E-state index >= 15 is 0 Å². The number of sulfonamides is 1. The summed E-state index contributed by atoms with van der Waals surface area (Å²) in [7, 11) is -3.97. The Morgan fingerprint density at radius 3 is 1.93 bits per heavy atom. The molecule has 1 heterocycles. The average molecular weight is 425 g/mol. The fraction of sp³-hybridized carbons (Fsp3) is 0.600. The molecule has 1 aromatic rings. The van der Waals surface area contributed by atoms with Crippen LogP contribution in [0.15, 0.2) is 29.2 Å². The highest BCUT2D eigenvalue weighted by atomic mass is 32.2. The molecule has 9 heteroatoms. The lowest BCUT2D eigenvalue weighted by molar-refractivity contribution is -0.130. The monoisotopic (exact) mass is 424 g/mol. The molecule has 0 unspecified atom stereocenters. The van der Waals surface area contributed by atoms with Crippen molar-refractivity contribution in [2.75, 3.05) is 52.4 Å². The van der Waals surface area contributed by atoms with Gasteiger partial charge in [0.05, 0.1) is 11.4 Å². The van der Waals surface area contributed by atoms with Crippen molar-refractivity contribution in [2.45, 2.75) is 32.6 Å². The number of hydrogen-bond acceptors (Lipinski definition) is 5. The van der Waals surface area contributed by atoms with Crippen LogP contribution in [0.2, 0.25) is 0 Å². The predicted octanol–water partition coefficient (Wildman–Crippen LogP) is 1.61. The number of piperazine rings is 1. The number of benzene rings is 1. The Morgan fingerprint density at radius 1 is 0.931 bits per heavy atom. The summed E-state index contributed by atoms with van der Waals surface area (Å²) in [4.78, 5) is 30.1. The summed E-state index contributed by atoms with van der Waals surface area (Å²) in [6.45, 7) is 11.0. The Balaban J connectivity index is 2.25. The van der Waals surface area contributed by atoms with Crippen molar-refractivity contribution in [2.24, 2.45) is 0 Å². The fourth-order valence-corrected chi connectivity index (χ4v) is 4.68. The van der Waals surface area contributed by atoms with E-state index in [1.807, 2.05) is 20.8 Å². The summed E-state index contributed by atoms with van der Waals surface area (Å²) < 4.78 is 27.6. The Labute approximate surface area is 174 Å². The number of urea groups is 1. The lowest BCUT2D eigenvalue weighted by atomic mass is 10.2. The third-order valence-corrected chi connectivity index (χ3v) is 7.12. The summed E-state index contributed by atoms with van der Waals surface area (Å²) in [5.74, 6) is -0.0391. The van der Waals surface area contributed by atoms with E-state index in [0.29, 0.717) is 32.7 Å². The van der Waals surface area contributed by atoms with E-state index in [9.17, 15) is 18.0 Å². The molecule has 0 saturated carbocycles. The molecule has 29 heavy (non-hydrogen) atoms. The van der Waals surface area contributed by atoms with E-state index in [-0.39, 0.29) is 17.3 Å². The van der Waals surface area contributed by atoms with Crippen LogP contribution in [0.5, 0.6) is 0 Å². The van der Waals surface area contributed by atoms with Crippen molar-refractivity contribution >= 4 is 22.0 Å². The highest BCUT2D eigenvalue weighted by Gasteiger charge is 2.34. The molecule has 1 aliphatic heterocycles. The second-order valence-electron chi connectivity index (χ2n) is 7.19. The Bertz CT molecular complexity index is 798. The molecule has 3 amide bonds. The SMILES string of the molecule is CCN(CC)CCN(C(=O)N1CCN(C(C)=O)CC1)S(=O)(=O)c1ccc(C)cc1. The molecule has 1 saturated heterocycles. The first-order valence-corrected chi connectivity index (χ1v) is 11.5. The van der Waals surface area contributed by atoms with Crippen molar-refractivity contribution in [3.63, 3.8) is 0 Å². The number of aryl methyl sites for hydroxylation is 1. The predicted molar refractivity (Wildman–Crippen MR) is 112 cm³/mol. The second-order valence-corrected chi connectivity index (χ2v) is 9.06. The summed E-state index contributed by atoms with van der Waals surface area (Å²) in [6, 6.07) is 6.00. The van der Waals surface area contributed by atoms with E-state index in [1.54, 1.807) is 17.0 Å². The molecule has 0 aliphatic carbocycles. The summed E-state index contributed by atoms with van der Waals surface area (Å²) in [6.07, 6.45) is 0. The zero-order valence-electron chi connectivity index (χ0n) is 17.8. The third kappa shape index (κ3) is 5.70. The minimum absolute atomic E-state index is 0.0391. The van der Waals surface area contributed by atoms with Crippen LogP contribution >= 0.6 is 0 Å². The minimum atomic E-state index is -3.97. The van der Waals surface area contributed by atoms with Gasteiger partial charge in [-0.05, 0) is 32.1 Å². The summed E-state index contributed by atoms with van der Waals surface area (Å²) in [5, 5.41) is 0. The summed E-state index contributed by atoms with van der Waals surface area (Å²) in [5.41, 5.74) is 0.949. The molecule has 0 radical (unpaired) electrons. The van der Waals surface area contributed by atoms with Gasteiger partial charge in [-0.25, -0.2) is 17.5 Å². The van der Waals surface area contributed by atoms with Crippen molar-refractivity contribution in [3.05, 3.63) is 29.8 Å². The van der Waals surface area contributed by atoms with E-state index in [1.165, 1.54) is 24.0 Å². The molecule has 1 aliphatic rings. The molecule has 0 bridgehead atoms. The largest absolute Gasteiger partial charge is 0.339 e. The highest BCUT2D eigenvalue weighted by Crippen LogP contribution is 2.19. The van der Waals surface area contributed by atoms with Crippen molar-refractivity contribution in [1.82, 2.24) is 19.0 Å². The van der Waals surface area contributed by atoms with Crippen molar-refractivity contribution in [1.29, 1.82) is 0 Å². The first kappa shape index (κ1) is 23.2. The van der Waals surface area contributed by atoms with Crippen LogP contribution < -0.4 is 0 Å². The lowest BCUT2D eigenvalue weighted by Gasteiger charge is -2.37. The second kappa shape index (κ2) is 10.1. The lowest BCUT2D eigenvalue weighted by Crippen LogP contribution is -2.55. The van der Waals surface area contributed by atoms with Crippen molar-refractivity contribution in [3.8, 4) is 0 Å². The van der Waals surface area contributed by atoms with Gasteiger partial charge in [-0.15, -0.1) is 0 Å². The maximum Gasteiger partial charge on any atom is 0.334 e. The summed E-state index contributed by atoms with van der Waals surface area (Å²) >= 11 is 0. The standard InChI is InChI=1S/C20H32N4O4S/c1-5-21(6-2)11-16-24(29(27,28)19-9-7-17(3)8-10-19)20(26)23-14-12-22(13-15-23)18(4)25/h7-10H,5-6,11-16H2,1-4H3. The van der Waals surface area contributed by atoms with Gasteiger partial charge < -0.3 is 14.7 Å². The average Bonchev–Trinajstić information content (AvgIpc) is 2.71. The molecule has 2 rings (SSSR count). The van der Waals surface area contributed by atoms with Gasteiger partial charge in [0.1, 0.15) is 0 Å². The Kier molecular flexibility index (Phi) is 8.04. The minimum Gasteiger partial charge on any atom is -0.339 e. The third-order valence-electron chi connectivity index (χ3n) is 5.33. The van der Waals surface area contributed by atoms with E-state index in [4.69, 9.17) is 0 Å². The van der Waals surface area contributed by atoms with Gasteiger partial charge in [-0.3, -0.25) is 4.79 Å². The van der Waals surface area contributed by atoms with Gasteiger partial charge in [0, 0.05) is 39.6 Å².